The first-order valence-corrected chi connectivity index (χ1v) is 13.4. The fourth-order valence-corrected chi connectivity index (χ4v) is 4.60. The third kappa shape index (κ3) is 6.40. The molecule has 5 atom stereocenters. The van der Waals surface area contributed by atoms with E-state index in [0.717, 1.165) is 6.08 Å². The third-order valence-electron chi connectivity index (χ3n) is 6.97. The number of benzene rings is 3. The molecule has 0 aliphatic carbocycles. The lowest BCUT2D eigenvalue weighted by Crippen LogP contribution is -2.59. The standard InChI is InChI=1S/C31H28O14/c1-41-20-10-15(5-8-18(20)33)30-28(39)26(37)24-19(34)11-17(12-21(24)43-30)42-16-6-2-14(3-7-16)4-9-23(35)45-31-29(40)27(38)25(36)22(13-32)44-31/h2-12,22,25,27,29,31-34,36,38-40H,13H2,1H3/b9-4+/t22-,25+,27+,29-,31?/m1/s1. The average Bonchev–Trinajstić information content (AvgIpc) is 3.02. The number of phenols is 2. The molecule has 14 nitrogen and oxygen atoms in total. The van der Waals surface area contributed by atoms with Crippen LogP contribution in [0.25, 0.3) is 28.4 Å². The van der Waals surface area contributed by atoms with Gasteiger partial charge in [0.15, 0.2) is 17.3 Å². The van der Waals surface area contributed by atoms with Gasteiger partial charge in [-0.2, -0.15) is 0 Å². The van der Waals surface area contributed by atoms with Crippen LogP contribution in [0.1, 0.15) is 5.56 Å². The molecule has 3 aromatic carbocycles. The molecule has 1 aromatic heterocycles. The van der Waals surface area contributed by atoms with E-state index < -0.39 is 60.2 Å². The first-order chi connectivity index (χ1) is 21.5. The second-order valence-corrected chi connectivity index (χ2v) is 9.95. The maximum Gasteiger partial charge on any atom is 0.333 e. The normalized spacial score (nSPS) is 21.6. The molecule has 45 heavy (non-hydrogen) atoms. The lowest BCUT2D eigenvalue weighted by Gasteiger charge is -2.38. The summed E-state index contributed by atoms with van der Waals surface area (Å²) in [4.78, 5) is 25.1. The predicted octanol–water partition coefficient (Wildman–Crippen LogP) is 1.73. The van der Waals surface area contributed by atoms with Crippen LogP contribution in [0.4, 0.5) is 0 Å². The molecule has 0 saturated carbocycles. The van der Waals surface area contributed by atoms with Crippen LogP contribution in [0, 0.1) is 0 Å². The number of aromatic hydroxyl groups is 3. The van der Waals surface area contributed by atoms with E-state index >= 15 is 0 Å². The van der Waals surface area contributed by atoms with E-state index in [1.165, 1.54) is 43.5 Å². The number of phenolic OH excluding ortho intramolecular Hbond substituents is 2. The summed E-state index contributed by atoms with van der Waals surface area (Å²) in [6.07, 6.45) is -5.42. The molecule has 1 saturated heterocycles. The first kappa shape index (κ1) is 31.3. The monoisotopic (exact) mass is 624 g/mol. The molecular formula is C31H28O14. The zero-order chi connectivity index (χ0) is 32.4. The number of carbonyl (C=O) groups is 1. The minimum absolute atomic E-state index is 0.0820. The van der Waals surface area contributed by atoms with Crippen LogP contribution < -0.4 is 14.9 Å². The van der Waals surface area contributed by atoms with Crippen molar-refractivity contribution in [3.05, 3.63) is 76.5 Å². The Morgan fingerprint density at radius 1 is 0.911 bits per heavy atom. The number of aliphatic hydroxyl groups is 4. The van der Waals surface area contributed by atoms with Crippen LogP contribution in [-0.4, -0.2) is 86.1 Å². The zero-order valence-corrected chi connectivity index (χ0v) is 23.4. The second-order valence-electron chi connectivity index (χ2n) is 9.95. The summed E-state index contributed by atoms with van der Waals surface area (Å²) in [6.45, 7) is -0.670. The highest BCUT2D eigenvalue weighted by molar-refractivity contribution is 5.89. The maximum atomic E-state index is 12.9. The number of ether oxygens (including phenoxy) is 4. The molecule has 0 bridgehead atoms. The Balaban J connectivity index is 1.31. The maximum absolute atomic E-state index is 12.9. The van der Waals surface area contributed by atoms with E-state index in [1.807, 2.05) is 0 Å². The molecule has 7 N–H and O–H groups in total. The molecule has 4 aromatic rings. The number of esters is 1. The van der Waals surface area contributed by atoms with Crippen LogP contribution in [-0.2, 0) is 14.3 Å². The van der Waals surface area contributed by atoms with Gasteiger partial charge in [-0.05, 0) is 42.0 Å². The summed E-state index contributed by atoms with van der Waals surface area (Å²) in [7, 11) is 1.34. The highest BCUT2D eigenvalue weighted by Crippen LogP contribution is 2.39. The van der Waals surface area contributed by atoms with Gasteiger partial charge in [0.1, 0.15) is 52.6 Å². The smallest absolute Gasteiger partial charge is 0.333 e. The van der Waals surface area contributed by atoms with Crippen molar-refractivity contribution in [2.24, 2.45) is 0 Å². The lowest BCUT2D eigenvalue weighted by molar-refractivity contribution is -0.291. The minimum atomic E-state index is -1.73. The molecule has 0 spiro atoms. The molecule has 1 aliphatic rings. The van der Waals surface area contributed by atoms with Crippen LogP contribution >= 0.6 is 0 Å². The molecule has 1 unspecified atom stereocenters. The van der Waals surface area contributed by atoms with Crippen LogP contribution in [0.5, 0.6) is 34.5 Å². The van der Waals surface area contributed by atoms with Crippen molar-refractivity contribution >= 4 is 23.0 Å². The summed E-state index contributed by atoms with van der Waals surface area (Å²) >= 11 is 0. The molecule has 5 rings (SSSR count). The van der Waals surface area contributed by atoms with E-state index in [0.29, 0.717) is 11.3 Å². The molecule has 1 aliphatic heterocycles. The summed E-state index contributed by atoms with van der Waals surface area (Å²) in [6, 6.07) is 12.9. The average molecular weight is 625 g/mol. The van der Waals surface area contributed by atoms with E-state index in [1.54, 1.807) is 24.3 Å². The van der Waals surface area contributed by atoms with Gasteiger partial charge in [0.05, 0.1) is 13.7 Å². The zero-order valence-electron chi connectivity index (χ0n) is 23.4. The van der Waals surface area contributed by atoms with E-state index in [4.69, 9.17) is 23.4 Å². The van der Waals surface area contributed by atoms with Crippen molar-refractivity contribution in [3.8, 4) is 45.8 Å². The highest BCUT2D eigenvalue weighted by Gasteiger charge is 2.45. The summed E-state index contributed by atoms with van der Waals surface area (Å²) in [5.41, 5.74) is -0.214. The first-order valence-electron chi connectivity index (χ1n) is 13.4. The third-order valence-corrected chi connectivity index (χ3v) is 6.97. The van der Waals surface area contributed by atoms with Gasteiger partial charge in [-0.3, -0.25) is 4.79 Å². The Morgan fingerprint density at radius 3 is 2.33 bits per heavy atom. The van der Waals surface area contributed by atoms with Crippen LogP contribution in [0.3, 0.4) is 0 Å². The van der Waals surface area contributed by atoms with Gasteiger partial charge in [-0.25, -0.2) is 4.79 Å². The number of hydrogen-bond acceptors (Lipinski definition) is 14. The van der Waals surface area contributed by atoms with Crippen molar-refractivity contribution in [2.75, 3.05) is 13.7 Å². The number of hydrogen-bond donors (Lipinski definition) is 7. The molecule has 2 heterocycles. The van der Waals surface area contributed by atoms with Crippen molar-refractivity contribution < 1.29 is 63.9 Å². The number of rotatable bonds is 8. The van der Waals surface area contributed by atoms with Crippen LogP contribution in [0.15, 0.2) is 69.9 Å². The van der Waals surface area contributed by atoms with Crippen molar-refractivity contribution in [1.82, 2.24) is 0 Å². The summed E-state index contributed by atoms with van der Waals surface area (Å²) < 4.78 is 26.8. The fraction of sp³-hybridized carbons (Fsp3) is 0.226. The van der Waals surface area contributed by atoms with Gasteiger partial charge in [0, 0.05) is 23.8 Å². The van der Waals surface area contributed by atoms with Gasteiger partial charge in [-0.1, -0.05) is 12.1 Å². The van der Waals surface area contributed by atoms with Crippen molar-refractivity contribution in [1.29, 1.82) is 0 Å². The van der Waals surface area contributed by atoms with Crippen LogP contribution in [0.2, 0.25) is 0 Å². The van der Waals surface area contributed by atoms with Gasteiger partial charge in [0.2, 0.25) is 17.5 Å². The summed E-state index contributed by atoms with van der Waals surface area (Å²) in [5, 5.41) is 69.6. The Kier molecular flexibility index (Phi) is 8.94. The number of fused-ring (bicyclic) bond motifs is 1. The van der Waals surface area contributed by atoms with E-state index in [2.05, 4.69) is 0 Å². The number of methoxy groups -OCH3 is 1. The minimum Gasteiger partial charge on any atom is -0.507 e. The van der Waals surface area contributed by atoms with E-state index in [-0.39, 0.29) is 39.5 Å². The predicted molar refractivity (Wildman–Crippen MR) is 155 cm³/mol. The Labute approximate surface area is 253 Å². The lowest BCUT2D eigenvalue weighted by atomic mass is 9.99. The molecule has 14 heteroatoms. The van der Waals surface area contributed by atoms with Gasteiger partial charge >= 0.3 is 5.97 Å². The fourth-order valence-electron chi connectivity index (χ4n) is 4.60. The molecule has 0 radical (unpaired) electrons. The topological polar surface area (TPSA) is 226 Å². The SMILES string of the molecule is COc1cc(-c2oc3cc(Oc4ccc(/C=C/C(=O)OC5O[C@H](CO)[C@H](O)[C@H](O)[C@H]5O)cc4)cc(O)c3c(=O)c2O)ccc1O. The Bertz CT molecular complexity index is 1790. The van der Waals surface area contributed by atoms with Crippen molar-refractivity contribution in [2.45, 2.75) is 30.7 Å². The largest absolute Gasteiger partial charge is 0.507 e. The van der Waals surface area contributed by atoms with Gasteiger partial charge in [0.25, 0.3) is 0 Å². The van der Waals surface area contributed by atoms with E-state index in [9.17, 15) is 45.3 Å². The van der Waals surface area contributed by atoms with Gasteiger partial charge < -0.3 is 59.1 Å². The molecule has 1 fully saturated rings. The Hall–Kier alpha value is -5.12. The molecule has 0 amide bonds. The molecular weight excluding hydrogens is 596 g/mol. The number of aliphatic hydroxyl groups excluding tert-OH is 4. The molecule has 236 valence electrons. The Morgan fingerprint density at radius 2 is 1.64 bits per heavy atom. The highest BCUT2D eigenvalue weighted by atomic mass is 16.7. The number of carbonyl (C=O) groups excluding carboxylic acids is 1. The quantitative estimate of drug-likeness (QED) is 0.110. The second kappa shape index (κ2) is 12.9. The van der Waals surface area contributed by atoms with Gasteiger partial charge in [-0.15, -0.1) is 0 Å². The summed E-state index contributed by atoms with van der Waals surface area (Å²) in [5.74, 6) is -2.08. The van der Waals surface area contributed by atoms with Crippen molar-refractivity contribution in [3.63, 3.8) is 0 Å².